The fourth-order valence-corrected chi connectivity index (χ4v) is 1.85. The lowest BCUT2D eigenvalue weighted by atomic mass is 9.92. The summed E-state index contributed by atoms with van der Waals surface area (Å²) in [6, 6.07) is 0. The van der Waals surface area contributed by atoms with Gasteiger partial charge in [0.15, 0.2) is 0 Å². The van der Waals surface area contributed by atoms with Crippen LogP contribution in [0.15, 0.2) is 0 Å². The first-order valence-corrected chi connectivity index (χ1v) is 7.32. The first-order valence-electron chi connectivity index (χ1n) is 7.32. The molecule has 1 atom stereocenters. The first kappa shape index (κ1) is 16.1. The van der Waals surface area contributed by atoms with Crippen molar-refractivity contribution < 1.29 is 0 Å². The van der Waals surface area contributed by atoms with Gasteiger partial charge in [-0.1, -0.05) is 61.8 Å². The molecule has 0 saturated heterocycles. The smallest absolute Gasteiger partial charge is 0.137 e. The van der Waals surface area contributed by atoms with Gasteiger partial charge >= 0.3 is 0 Å². The minimum absolute atomic E-state index is 0.0381. The maximum atomic E-state index is 4.71. The average molecular weight is 263 g/mol. The van der Waals surface area contributed by atoms with E-state index in [-0.39, 0.29) is 10.8 Å². The molecule has 0 radical (unpaired) electrons. The molecule has 3 nitrogen and oxygen atoms in total. The minimum atomic E-state index is -0.0381. The Morgan fingerprint density at radius 3 is 1.58 bits per heavy atom. The third-order valence-electron chi connectivity index (χ3n) is 3.16. The highest BCUT2D eigenvalue weighted by molar-refractivity contribution is 5.12. The molecule has 0 bridgehead atoms. The predicted octanol–water partition coefficient (Wildman–Crippen LogP) is 4.37. The molecule has 1 rings (SSSR count). The van der Waals surface area contributed by atoms with E-state index in [4.69, 9.17) is 15.0 Å². The van der Waals surface area contributed by atoms with Crippen LogP contribution in [0, 0.1) is 0 Å². The maximum Gasteiger partial charge on any atom is 0.137 e. The number of hydrogen-bond donors (Lipinski definition) is 0. The van der Waals surface area contributed by atoms with Gasteiger partial charge in [0.05, 0.1) is 0 Å². The molecule has 0 N–H and O–H groups in total. The van der Waals surface area contributed by atoms with Crippen molar-refractivity contribution in [3.8, 4) is 0 Å². The molecule has 3 heteroatoms. The highest BCUT2D eigenvalue weighted by Gasteiger charge is 2.25. The summed E-state index contributed by atoms with van der Waals surface area (Å²) in [5.74, 6) is 3.16. The largest absolute Gasteiger partial charge is 0.217 e. The average Bonchev–Trinajstić information content (AvgIpc) is 2.26. The van der Waals surface area contributed by atoms with Gasteiger partial charge in [0.25, 0.3) is 0 Å². The van der Waals surface area contributed by atoms with Gasteiger partial charge in [-0.05, 0) is 6.42 Å². The molecular weight excluding hydrogens is 234 g/mol. The lowest BCUT2D eigenvalue weighted by Gasteiger charge is -2.24. The summed E-state index contributed by atoms with van der Waals surface area (Å²) in [5.41, 5.74) is -0.0761. The number of aromatic nitrogens is 3. The topological polar surface area (TPSA) is 38.7 Å². The van der Waals surface area contributed by atoms with Gasteiger partial charge in [-0.3, -0.25) is 0 Å². The molecule has 1 aromatic rings. The van der Waals surface area contributed by atoms with E-state index in [1.807, 2.05) is 0 Å². The molecule has 1 unspecified atom stereocenters. The van der Waals surface area contributed by atoms with E-state index in [1.165, 1.54) is 0 Å². The van der Waals surface area contributed by atoms with E-state index in [0.29, 0.717) is 5.92 Å². The third kappa shape index (κ3) is 4.26. The monoisotopic (exact) mass is 263 g/mol. The summed E-state index contributed by atoms with van der Waals surface area (Å²) in [5, 5.41) is 0. The molecule has 0 saturated carbocycles. The van der Waals surface area contributed by atoms with Gasteiger partial charge < -0.3 is 0 Å². The van der Waals surface area contributed by atoms with E-state index in [2.05, 4.69) is 55.4 Å². The predicted molar refractivity (Wildman–Crippen MR) is 80.6 cm³/mol. The van der Waals surface area contributed by atoms with Crippen LogP contribution in [-0.4, -0.2) is 15.0 Å². The van der Waals surface area contributed by atoms with Crippen molar-refractivity contribution in [2.24, 2.45) is 0 Å². The second-order valence-corrected chi connectivity index (χ2v) is 7.53. The maximum absolute atomic E-state index is 4.71. The summed E-state index contributed by atoms with van der Waals surface area (Å²) < 4.78 is 0. The van der Waals surface area contributed by atoms with Crippen molar-refractivity contribution in [2.45, 2.75) is 85.0 Å². The highest BCUT2D eigenvalue weighted by Crippen LogP contribution is 2.26. The van der Waals surface area contributed by atoms with Gasteiger partial charge in [0.1, 0.15) is 17.5 Å². The Bertz CT molecular complexity index is 392. The van der Waals surface area contributed by atoms with Crippen molar-refractivity contribution in [2.75, 3.05) is 0 Å². The number of hydrogen-bond acceptors (Lipinski definition) is 3. The molecule has 1 heterocycles. The minimum Gasteiger partial charge on any atom is -0.217 e. The fraction of sp³-hybridized carbons (Fsp3) is 0.812. The van der Waals surface area contributed by atoms with Gasteiger partial charge in [-0.2, -0.15) is 0 Å². The zero-order chi connectivity index (χ0) is 14.8. The first-order chi connectivity index (χ1) is 8.55. The molecule has 0 aliphatic carbocycles. The molecule has 108 valence electrons. The van der Waals surface area contributed by atoms with Gasteiger partial charge in [0, 0.05) is 16.7 Å². The van der Waals surface area contributed by atoms with Crippen LogP contribution in [0.2, 0.25) is 0 Å². The number of nitrogens with zero attached hydrogens (tertiary/aromatic N) is 3. The van der Waals surface area contributed by atoms with Gasteiger partial charge in [0.2, 0.25) is 0 Å². The van der Waals surface area contributed by atoms with Crippen molar-refractivity contribution in [3.63, 3.8) is 0 Å². The second kappa shape index (κ2) is 5.56. The molecule has 0 aliphatic rings. The Labute approximate surface area is 118 Å². The molecule has 0 amide bonds. The summed E-state index contributed by atoms with van der Waals surface area (Å²) in [7, 11) is 0. The van der Waals surface area contributed by atoms with Crippen LogP contribution >= 0.6 is 0 Å². The van der Waals surface area contributed by atoms with Crippen molar-refractivity contribution in [1.82, 2.24) is 15.0 Å². The molecule has 19 heavy (non-hydrogen) atoms. The zero-order valence-corrected chi connectivity index (χ0v) is 13.8. The summed E-state index contributed by atoms with van der Waals surface area (Å²) in [4.78, 5) is 14.1. The van der Waals surface area contributed by atoms with Crippen molar-refractivity contribution >= 4 is 0 Å². The van der Waals surface area contributed by atoms with E-state index in [0.717, 1.165) is 30.3 Å². The molecular formula is C16H29N3. The van der Waals surface area contributed by atoms with Crippen LogP contribution in [0.5, 0.6) is 0 Å². The normalized spacial score (nSPS) is 14.5. The Morgan fingerprint density at radius 2 is 1.26 bits per heavy atom. The lowest BCUT2D eigenvalue weighted by molar-refractivity contribution is 0.477. The molecule has 0 aromatic carbocycles. The highest BCUT2D eigenvalue weighted by atomic mass is 15.1. The van der Waals surface area contributed by atoms with Crippen LogP contribution in [0.1, 0.15) is 91.6 Å². The van der Waals surface area contributed by atoms with E-state index in [9.17, 15) is 0 Å². The van der Waals surface area contributed by atoms with Crippen LogP contribution in [0.4, 0.5) is 0 Å². The summed E-state index contributed by atoms with van der Waals surface area (Å²) >= 11 is 0. The molecule has 1 aromatic heterocycles. The second-order valence-electron chi connectivity index (χ2n) is 7.53. The fourth-order valence-electron chi connectivity index (χ4n) is 1.85. The molecule has 0 spiro atoms. The SMILES string of the molecule is CCCC(C)c1nc(C(C)(C)C)nc(C(C)(C)C)n1. The van der Waals surface area contributed by atoms with E-state index in [1.54, 1.807) is 0 Å². The summed E-state index contributed by atoms with van der Waals surface area (Å²) in [6.45, 7) is 17.3. The van der Waals surface area contributed by atoms with Crippen LogP contribution in [0.25, 0.3) is 0 Å². The van der Waals surface area contributed by atoms with Gasteiger partial charge in [-0.25, -0.2) is 15.0 Å². The van der Waals surface area contributed by atoms with Crippen molar-refractivity contribution in [1.29, 1.82) is 0 Å². The van der Waals surface area contributed by atoms with Gasteiger partial charge in [-0.15, -0.1) is 0 Å². The van der Waals surface area contributed by atoms with Crippen molar-refractivity contribution in [3.05, 3.63) is 17.5 Å². The number of rotatable bonds is 3. The standard InChI is InChI=1S/C16H29N3/c1-9-10-11(2)12-17-13(15(3,4)5)19-14(18-12)16(6,7)8/h11H,9-10H2,1-8H3. The Kier molecular flexibility index (Phi) is 4.70. The van der Waals surface area contributed by atoms with Crippen LogP contribution in [-0.2, 0) is 10.8 Å². The Hall–Kier alpha value is -0.990. The van der Waals surface area contributed by atoms with Crippen LogP contribution in [0.3, 0.4) is 0 Å². The Morgan fingerprint density at radius 1 is 0.842 bits per heavy atom. The zero-order valence-electron chi connectivity index (χ0n) is 13.8. The summed E-state index contributed by atoms with van der Waals surface area (Å²) in [6.07, 6.45) is 2.28. The van der Waals surface area contributed by atoms with Crippen LogP contribution < -0.4 is 0 Å². The lowest BCUT2D eigenvalue weighted by Crippen LogP contribution is -2.25. The molecule has 0 fully saturated rings. The van der Waals surface area contributed by atoms with E-state index < -0.39 is 0 Å². The Balaban J connectivity index is 3.33. The van der Waals surface area contributed by atoms with E-state index >= 15 is 0 Å². The third-order valence-corrected chi connectivity index (χ3v) is 3.16. The molecule has 0 aliphatic heterocycles. The quantitative estimate of drug-likeness (QED) is 0.812.